The molecule has 29 heavy (non-hydrogen) atoms. The summed E-state index contributed by atoms with van der Waals surface area (Å²) in [7, 11) is 1.25. The van der Waals surface area contributed by atoms with Crippen molar-refractivity contribution in [2.24, 2.45) is 7.05 Å². The van der Waals surface area contributed by atoms with E-state index in [9.17, 15) is 18.0 Å². The van der Waals surface area contributed by atoms with E-state index in [2.05, 4.69) is 32.1 Å². The van der Waals surface area contributed by atoms with Crippen molar-refractivity contribution >= 4 is 11.5 Å². The Kier molecular flexibility index (Phi) is 5.23. The van der Waals surface area contributed by atoms with Crippen LogP contribution in [0, 0.1) is 0 Å². The topological polar surface area (TPSA) is 98.7 Å². The van der Waals surface area contributed by atoms with Crippen molar-refractivity contribution in [3.63, 3.8) is 0 Å². The third kappa shape index (κ3) is 4.33. The Labute approximate surface area is 163 Å². The van der Waals surface area contributed by atoms with E-state index in [0.29, 0.717) is 17.3 Å². The normalized spacial score (nSPS) is 12.6. The van der Waals surface area contributed by atoms with Gasteiger partial charge < -0.3 is 9.84 Å². The van der Waals surface area contributed by atoms with Crippen LogP contribution in [0.4, 0.5) is 13.2 Å². The number of alkyl halides is 3. The number of rotatable bonds is 5. The molecule has 1 amide bonds. The van der Waals surface area contributed by atoms with Gasteiger partial charge in [0.1, 0.15) is 11.7 Å². The lowest BCUT2D eigenvalue weighted by Crippen LogP contribution is -2.28. The van der Waals surface area contributed by atoms with Gasteiger partial charge in [-0.25, -0.2) is 0 Å². The number of amides is 1. The molecule has 3 rings (SSSR count). The first-order chi connectivity index (χ1) is 13.6. The third-order valence-electron chi connectivity index (χ3n) is 4.02. The Morgan fingerprint density at radius 2 is 2.07 bits per heavy atom. The van der Waals surface area contributed by atoms with Gasteiger partial charge in [0.05, 0.1) is 5.69 Å². The van der Waals surface area contributed by atoms with Crippen LogP contribution in [0.3, 0.4) is 0 Å². The molecule has 0 aliphatic heterocycles. The van der Waals surface area contributed by atoms with Crippen LogP contribution in [0.1, 0.15) is 47.7 Å². The Morgan fingerprint density at radius 1 is 1.34 bits per heavy atom. The fourth-order valence-corrected chi connectivity index (χ4v) is 2.48. The van der Waals surface area contributed by atoms with E-state index in [1.54, 1.807) is 25.3 Å². The molecule has 1 atom stereocenters. The standard InChI is InChI=1S/C18H17F3N6O2/c1-9(2)12-7-11(5-6-22-12)15-24-17(29-26-15)10(3)23-16(28)13-8-14(18(19,20)21)25-27(13)4/h5-8,10H,1H2,2-4H3,(H,23,28). The largest absolute Gasteiger partial charge is 0.435 e. The molecule has 0 saturated carbocycles. The number of aryl methyl sites for hydroxylation is 1. The number of aromatic nitrogens is 5. The average Bonchev–Trinajstić information content (AvgIpc) is 3.28. The zero-order chi connectivity index (χ0) is 21.3. The number of pyridine rings is 1. The molecule has 1 N–H and O–H groups in total. The van der Waals surface area contributed by atoms with Gasteiger partial charge in [0.25, 0.3) is 5.91 Å². The maximum absolute atomic E-state index is 12.8. The summed E-state index contributed by atoms with van der Waals surface area (Å²) in [4.78, 5) is 20.8. The third-order valence-corrected chi connectivity index (χ3v) is 4.02. The number of hydrogen-bond acceptors (Lipinski definition) is 6. The summed E-state index contributed by atoms with van der Waals surface area (Å²) < 4.78 is 44.3. The first-order valence-electron chi connectivity index (χ1n) is 8.44. The van der Waals surface area contributed by atoms with Gasteiger partial charge in [-0.05, 0) is 31.6 Å². The predicted octanol–water partition coefficient (Wildman–Crippen LogP) is 3.41. The molecule has 3 aromatic rings. The average molecular weight is 406 g/mol. The van der Waals surface area contributed by atoms with Crippen molar-refractivity contribution in [1.82, 2.24) is 30.2 Å². The SMILES string of the molecule is C=C(C)c1cc(-c2noc(C(C)NC(=O)c3cc(C(F)(F)F)nn3C)n2)ccn1. The van der Waals surface area contributed by atoms with Crippen molar-refractivity contribution in [3.05, 3.63) is 53.9 Å². The molecule has 1 unspecified atom stereocenters. The van der Waals surface area contributed by atoms with Gasteiger partial charge in [-0.3, -0.25) is 14.5 Å². The lowest BCUT2D eigenvalue weighted by Gasteiger charge is -2.09. The summed E-state index contributed by atoms with van der Waals surface area (Å²) in [6, 6.07) is 3.38. The Balaban J connectivity index is 1.76. The summed E-state index contributed by atoms with van der Waals surface area (Å²) in [6.07, 6.45) is -3.06. The van der Waals surface area contributed by atoms with Gasteiger partial charge in [-0.1, -0.05) is 11.7 Å². The number of carbonyl (C=O) groups is 1. The summed E-state index contributed by atoms with van der Waals surface area (Å²) in [5.41, 5.74) is 0.693. The zero-order valence-corrected chi connectivity index (χ0v) is 15.8. The first kappa shape index (κ1) is 20.2. The molecule has 0 saturated heterocycles. The zero-order valence-electron chi connectivity index (χ0n) is 15.8. The molecule has 0 bridgehead atoms. The summed E-state index contributed by atoms with van der Waals surface area (Å²) >= 11 is 0. The van der Waals surface area contributed by atoms with Crippen LogP contribution < -0.4 is 5.32 Å². The van der Waals surface area contributed by atoms with E-state index in [1.165, 1.54) is 7.05 Å². The molecule has 0 radical (unpaired) electrons. The monoisotopic (exact) mass is 406 g/mol. The van der Waals surface area contributed by atoms with Gasteiger partial charge in [0.2, 0.25) is 11.7 Å². The molecule has 0 aliphatic rings. The maximum atomic E-state index is 12.8. The van der Waals surface area contributed by atoms with Crippen molar-refractivity contribution in [3.8, 4) is 11.4 Å². The lowest BCUT2D eigenvalue weighted by atomic mass is 10.1. The Hall–Kier alpha value is -3.50. The number of hydrogen-bond donors (Lipinski definition) is 1. The molecule has 3 aromatic heterocycles. The van der Waals surface area contributed by atoms with Gasteiger partial charge in [0, 0.05) is 24.9 Å². The van der Waals surface area contributed by atoms with E-state index < -0.39 is 23.8 Å². The second-order valence-electron chi connectivity index (χ2n) is 6.40. The van der Waals surface area contributed by atoms with Crippen LogP contribution in [0.2, 0.25) is 0 Å². The fraction of sp³-hybridized carbons (Fsp3) is 0.278. The van der Waals surface area contributed by atoms with Crippen molar-refractivity contribution in [2.75, 3.05) is 0 Å². The quantitative estimate of drug-likeness (QED) is 0.697. The first-order valence-corrected chi connectivity index (χ1v) is 8.44. The summed E-state index contributed by atoms with van der Waals surface area (Å²) in [5, 5.41) is 9.72. The molecule has 8 nitrogen and oxygen atoms in total. The number of nitrogens with zero attached hydrogens (tertiary/aromatic N) is 5. The minimum Gasteiger partial charge on any atom is -0.339 e. The fourth-order valence-electron chi connectivity index (χ4n) is 2.48. The van der Waals surface area contributed by atoms with Crippen LogP contribution in [-0.4, -0.2) is 30.8 Å². The molecule has 0 aliphatic carbocycles. The number of nitrogens with one attached hydrogen (secondary N) is 1. The van der Waals surface area contributed by atoms with E-state index >= 15 is 0 Å². The van der Waals surface area contributed by atoms with Crippen molar-refractivity contribution in [2.45, 2.75) is 26.1 Å². The smallest absolute Gasteiger partial charge is 0.339 e. The van der Waals surface area contributed by atoms with Gasteiger partial charge in [-0.15, -0.1) is 0 Å². The van der Waals surface area contributed by atoms with E-state index in [4.69, 9.17) is 4.52 Å². The minimum atomic E-state index is -4.64. The molecular formula is C18H17F3N6O2. The predicted molar refractivity (Wildman–Crippen MR) is 96.3 cm³/mol. The minimum absolute atomic E-state index is 0.0975. The van der Waals surface area contributed by atoms with Crippen LogP contribution in [0.15, 0.2) is 35.5 Å². The highest BCUT2D eigenvalue weighted by Crippen LogP contribution is 2.28. The maximum Gasteiger partial charge on any atom is 0.435 e. The second-order valence-corrected chi connectivity index (χ2v) is 6.40. The highest BCUT2D eigenvalue weighted by molar-refractivity contribution is 5.92. The lowest BCUT2D eigenvalue weighted by molar-refractivity contribution is -0.141. The summed E-state index contributed by atoms with van der Waals surface area (Å²) in [6.45, 7) is 7.21. The Bertz CT molecular complexity index is 1070. The molecule has 0 spiro atoms. The van der Waals surface area contributed by atoms with Gasteiger partial charge >= 0.3 is 6.18 Å². The van der Waals surface area contributed by atoms with E-state index in [0.717, 1.165) is 10.3 Å². The van der Waals surface area contributed by atoms with Crippen LogP contribution in [-0.2, 0) is 13.2 Å². The second kappa shape index (κ2) is 7.49. The van der Waals surface area contributed by atoms with Gasteiger partial charge in [-0.2, -0.15) is 23.3 Å². The number of carbonyl (C=O) groups excluding carboxylic acids is 1. The molecule has 11 heteroatoms. The van der Waals surface area contributed by atoms with Gasteiger partial charge in [0.15, 0.2) is 5.69 Å². The van der Waals surface area contributed by atoms with E-state index in [-0.39, 0.29) is 17.4 Å². The van der Waals surface area contributed by atoms with E-state index in [1.807, 2.05) is 6.92 Å². The van der Waals surface area contributed by atoms with Crippen LogP contribution in [0.5, 0.6) is 0 Å². The molecular weight excluding hydrogens is 389 g/mol. The molecule has 0 fully saturated rings. The van der Waals surface area contributed by atoms with Crippen LogP contribution in [0.25, 0.3) is 17.0 Å². The highest BCUT2D eigenvalue weighted by Gasteiger charge is 2.35. The highest BCUT2D eigenvalue weighted by atomic mass is 19.4. The molecule has 0 aromatic carbocycles. The number of halogens is 3. The molecule has 3 heterocycles. The van der Waals surface area contributed by atoms with Crippen LogP contribution >= 0.6 is 0 Å². The Morgan fingerprint density at radius 3 is 2.69 bits per heavy atom. The summed E-state index contributed by atoms with van der Waals surface area (Å²) in [5.74, 6) is -0.373. The van der Waals surface area contributed by atoms with Crippen molar-refractivity contribution in [1.29, 1.82) is 0 Å². The van der Waals surface area contributed by atoms with Crippen molar-refractivity contribution < 1.29 is 22.5 Å². The number of allylic oxidation sites excluding steroid dienone is 1. The molecule has 152 valence electrons.